The molecular formula is C28H36Cl2N4O6S. The zero-order chi connectivity index (χ0) is 30.2. The van der Waals surface area contributed by atoms with Gasteiger partial charge in [0.15, 0.2) is 15.6 Å². The molecule has 41 heavy (non-hydrogen) atoms. The lowest BCUT2D eigenvalue weighted by atomic mass is 10.1. The van der Waals surface area contributed by atoms with E-state index >= 15 is 0 Å². The number of amides is 1. The number of Topliss-reactive ketones (excluding diaryl/α,β-unsaturated/α-hetero) is 1. The van der Waals surface area contributed by atoms with Gasteiger partial charge >= 0.3 is 6.09 Å². The zero-order valence-electron chi connectivity index (χ0n) is 23.6. The summed E-state index contributed by atoms with van der Waals surface area (Å²) >= 11 is 12.1. The smallest absolute Gasteiger partial charge is 0.416 e. The van der Waals surface area contributed by atoms with E-state index in [0.717, 1.165) is 11.1 Å². The first-order valence-corrected chi connectivity index (χ1v) is 15.5. The van der Waals surface area contributed by atoms with Crippen LogP contribution >= 0.6 is 23.2 Å². The van der Waals surface area contributed by atoms with Crippen LogP contribution in [0.4, 0.5) is 4.79 Å². The maximum Gasteiger partial charge on any atom is 0.416 e. The first kappa shape index (κ1) is 33.0. The number of halogens is 2. The standard InChI is InChI=1S/C28H36Cl2N4O6S/c1-19-23(29)9-10-24(25(19)30)41(37,38)18-31-12-14-39-17-22(35)16-32-15-20-5-7-21(8-6-20)26-33-11-13-34(26)27(36)40-28(2,3)4/h5-10,31-32H,11-18H2,1-4H3. The van der Waals surface area contributed by atoms with Gasteiger partial charge in [-0.3, -0.25) is 14.7 Å². The maximum atomic E-state index is 12.5. The third kappa shape index (κ3) is 9.76. The lowest BCUT2D eigenvalue weighted by Gasteiger charge is -2.25. The average molecular weight is 628 g/mol. The SMILES string of the molecule is Cc1c(Cl)ccc(S(=O)(=O)CNCCOCC(=O)CNCc2ccc(C3=NCCN3C(=O)OC(C)(C)C)cc2)c1Cl. The van der Waals surface area contributed by atoms with Gasteiger partial charge < -0.3 is 20.1 Å². The molecule has 0 bridgehead atoms. The molecule has 0 fully saturated rings. The number of nitrogens with one attached hydrogen (secondary N) is 2. The number of ether oxygens (including phenoxy) is 2. The van der Waals surface area contributed by atoms with Gasteiger partial charge in [0.1, 0.15) is 23.9 Å². The summed E-state index contributed by atoms with van der Waals surface area (Å²) in [6, 6.07) is 10.5. The molecule has 2 aromatic rings. The number of nitrogens with zero attached hydrogens (tertiary/aromatic N) is 2. The minimum Gasteiger partial charge on any atom is -0.443 e. The lowest BCUT2D eigenvalue weighted by molar-refractivity contribution is -0.122. The molecule has 10 nitrogen and oxygen atoms in total. The van der Waals surface area contributed by atoms with Crippen molar-refractivity contribution in [2.24, 2.45) is 4.99 Å². The van der Waals surface area contributed by atoms with Gasteiger partial charge in [-0.2, -0.15) is 0 Å². The number of carbonyl (C=O) groups is 2. The van der Waals surface area contributed by atoms with Gasteiger partial charge in [-0.15, -0.1) is 0 Å². The van der Waals surface area contributed by atoms with Crippen molar-refractivity contribution in [1.82, 2.24) is 15.5 Å². The number of ketones is 1. The molecule has 1 heterocycles. The molecule has 1 amide bonds. The fourth-order valence-corrected chi connectivity index (χ4v) is 5.84. The van der Waals surface area contributed by atoms with Crippen molar-refractivity contribution >= 4 is 50.8 Å². The monoisotopic (exact) mass is 626 g/mol. The van der Waals surface area contributed by atoms with Gasteiger partial charge in [0.2, 0.25) is 0 Å². The van der Waals surface area contributed by atoms with Crippen LogP contribution in [0.1, 0.15) is 37.5 Å². The summed E-state index contributed by atoms with van der Waals surface area (Å²) in [5.74, 6) is 0.130. The van der Waals surface area contributed by atoms with E-state index in [9.17, 15) is 18.0 Å². The fourth-order valence-electron chi connectivity index (χ4n) is 3.85. The van der Waals surface area contributed by atoms with E-state index in [1.54, 1.807) is 11.8 Å². The molecule has 0 aliphatic carbocycles. The molecule has 3 rings (SSSR count). The third-order valence-electron chi connectivity index (χ3n) is 5.92. The van der Waals surface area contributed by atoms with E-state index in [4.69, 9.17) is 32.7 Å². The number of amidine groups is 1. The maximum absolute atomic E-state index is 12.5. The van der Waals surface area contributed by atoms with Crippen molar-refractivity contribution < 1.29 is 27.5 Å². The van der Waals surface area contributed by atoms with Gasteiger partial charge in [-0.05, 0) is 51.0 Å². The quantitative estimate of drug-likeness (QED) is 0.320. The Morgan fingerprint density at radius 3 is 2.46 bits per heavy atom. The van der Waals surface area contributed by atoms with Gasteiger partial charge in [0, 0.05) is 23.7 Å². The number of rotatable bonds is 13. The molecule has 1 aliphatic rings. The van der Waals surface area contributed by atoms with Crippen molar-refractivity contribution in [2.75, 3.05) is 45.3 Å². The largest absolute Gasteiger partial charge is 0.443 e. The van der Waals surface area contributed by atoms with Crippen LogP contribution in [0.3, 0.4) is 0 Å². The predicted octanol–water partition coefficient (Wildman–Crippen LogP) is 4.00. The minimum atomic E-state index is -3.66. The first-order chi connectivity index (χ1) is 19.3. The molecule has 2 N–H and O–H groups in total. The summed E-state index contributed by atoms with van der Waals surface area (Å²) in [4.78, 5) is 30.7. The summed E-state index contributed by atoms with van der Waals surface area (Å²) in [7, 11) is -3.66. The minimum absolute atomic E-state index is 0.0143. The van der Waals surface area contributed by atoms with E-state index in [0.29, 0.717) is 36.1 Å². The lowest BCUT2D eigenvalue weighted by Crippen LogP contribution is -2.39. The molecule has 224 valence electrons. The summed E-state index contributed by atoms with van der Waals surface area (Å²) < 4.78 is 35.9. The zero-order valence-corrected chi connectivity index (χ0v) is 26.0. The summed E-state index contributed by atoms with van der Waals surface area (Å²) in [6.07, 6.45) is -0.418. The molecule has 0 spiro atoms. The van der Waals surface area contributed by atoms with E-state index in [1.165, 1.54) is 12.1 Å². The summed E-state index contributed by atoms with van der Waals surface area (Å²) in [5, 5.41) is 6.39. The molecule has 13 heteroatoms. The number of benzene rings is 2. The Hall–Kier alpha value is -2.54. The van der Waals surface area contributed by atoms with Crippen LogP contribution in [-0.4, -0.2) is 81.9 Å². The van der Waals surface area contributed by atoms with Crippen LogP contribution in [0, 0.1) is 6.92 Å². The van der Waals surface area contributed by atoms with Crippen LogP contribution in [-0.2, 0) is 30.7 Å². The van der Waals surface area contributed by atoms with Crippen LogP contribution in [0.2, 0.25) is 10.0 Å². The van der Waals surface area contributed by atoms with E-state index in [2.05, 4.69) is 15.6 Å². The number of sulfone groups is 1. The predicted molar refractivity (Wildman–Crippen MR) is 160 cm³/mol. The molecule has 0 aromatic heterocycles. The van der Waals surface area contributed by atoms with Gasteiger partial charge in [0.25, 0.3) is 0 Å². The number of hydrogen-bond donors (Lipinski definition) is 2. The van der Waals surface area contributed by atoms with Crippen molar-refractivity contribution in [1.29, 1.82) is 0 Å². The van der Waals surface area contributed by atoms with Crippen molar-refractivity contribution in [3.05, 3.63) is 63.1 Å². The van der Waals surface area contributed by atoms with Crippen LogP contribution < -0.4 is 10.6 Å². The number of carbonyl (C=O) groups excluding carboxylic acids is 2. The molecule has 0 saturated carbocycles. The third-order valence-corrected chi connectivity index (χ3v) is 8.52. The molecule has 2 aromatic carbocycles. The van der Waals surface area contributed by atoms with Gasteiger partial charge in [0.05, 0.1) is 36.2 Å². The topological polar surface area (TPSA) is 126 Å². The van der Waals surface area contributed by atoms with Gasteiger partial charge in [-0.1, -0.05) is 47.5 Å². The Labute approximate surface area is 251 Å². The Morgan fingerprint density at radius 2 is 1.78 bits per heavy atom. The van der Waals surface area contributed by atoms with Gasteiger partial charge in [-0.25, -0.2) is 13.2 Å². The molecule has 0 radical (unpaired) electrons. The average Bonchev–Trinajstić information content (AvgIpc) is 3.39. The highest BCUT2D eigenvalue weighted by molar-refractivity contribution is 7.91. The highest BCUT2D eigenvalue weighted by Crippen LogP contribution is 2.30. The Balaban J connectivity index is 1.33. The highest BCUT2D eigenvalue weighted by Gasteiger charge is 2.29. The second-order valence-corrected chi connectivity index (χ2v) is 13.2. The Bertz CT molecular complexity index is 1380. The van der Waals surface area contributed by atoms with Crippen LogP contribution in [0.15, 0.2) is 46.3 Å². The van der Waals surface area contributed by atoms with Crippen LogP contribution in [0.5, 0.6) is 0 Å². The normalized spacial score (nSPS) is 13.8. The second kappa shape index (κ2) is 14.6. The fraction of sp³-hybridized carbons (Fsp3) is 0.464. The number of aliphatic imine (C=N–C) groups is 1. The second-order valence-electron chi connectivity index (χ2n) is 10.5. The van der Waals surface area contributed by atoms with Crippen molar-refractivity contribution in [3.63, 3.8) is 0 Å². The summed E-state index contributed by atoms with van der Waals surface area (Å²) in [6.45, 7) is 9.04. The number of hydrogen-bond acceptors (Lipinski definition) is 9. The molecule has 1 aliphatic heterocycles. The summed E-state index contributed by atoms with van der Waals surface area (Å²) in [5.41, 5.74) is 1.70. The first-order valence-electron chi connectivity index (χ1n) is 13.1. The highest BCUT2D eigenvalue weighted by atomic mass is 35.5. The molecular weight excluding hydrogens is 591 g/mol. The molecule has 0 unspecified atom stereocenters. The van der Waals surface area contributed by atoms with Crippen molar-refractivity contribution in [2.45, 2.75) is 44.7 Å². The Morgan fingerprint density at radius 1 is 1.07 bits per heavy atom. The van der Waals surface area contributed by atoms with E-state index < -0.39 is 21.5 Å². The van der Waals surface area contributed by atoms with Crippen LogP contribution in [0.25, 0.3) is 0 Å². The van der Waals surface area contributed by atoms with E-state index in [1.807, 2.05) is 45.0 Å². The molecule has 0 saturated heterocycles. The Kier molecular flexibility index (Phi) is 11.7. The molecule has 0 atom stereocenters. The van der Waals surface area contributed by atoms with E-state index in [-0.39, 0.29) is 47.9 Å². The van der Waals surface area contributed by atoms with Crippen molar-refractivity contribution in [3.8, 4) is 0 Å².